The lowest BCUT2D eigenvalue weighted by atomic mass is 10.2. The Hall–Kier alpha value is -1.14. The molecule has 0 unspecified atom stereocenters. The Morgan fingerprint density at radius 3 is 2.89 bits per heavy atom. The van der Waals surface area contributed by atoms with Crippen molar-refractivity contribution in [3.05, 3.63) is 41.1 Å². The van der Waals surface area contributed by atoms with Gasteiger partial charge in [-0.3, -0.25) is 0 Å². The smallest absolute Gasteiger partial charge is 0.387 e. The molecule has 0 saturated carbocycles. The summed E-state index contributed by atoms with van der Waals surface area (Å²) in [6.45, 7) is 2.37. The minimum absolute atomic E-state index is 0.188. The van der Waals surface area contributed by atoms with E-state index in [4.69, 9.17) is 4.74 Å². The molecule has 6 heteroatoms. The summed E-state index contributed by atoms with van der Waals surface area (Å²) in [7, 11) is 0. The number of hydrogen-bond donors (Lipinski definition) is 1. The lowest BCUT2D eigenvalue weighted by molar-refractivity contribution is -0.0505. The van der Waals surface area contributed by atoms with Gasteiger partial charge in [0.2, 0.25) is 0 Å². The molecule has 1 N–H and O–H groups in total. The summed E-state index contributed by atoms with van der Waals surface area (Å²) < 4.78 is 34.8. The number of benzene rings is 1. The van der Waals surface area contributed by atoms with Crippen LogP contribution in [0, 0.1) is 0 Å². The van der Waals surface area contributed by atoms with E-state index in [1.165, 1.54) is 12.3 Å². The molecule has 0 aliphatic carbocycles. The van der Waals surface area contributed by atoms with Crippen LogP contribution in [0.2, 0.25) is 0 Å². The lowest BCUT2D eigenvalue weighted by Crippen LogP contribution is -2.17. The fourth-order valence-electron chi connectivity index (χ4n) is 1.48. The largest absolute Gasteiger partial charge is 0.502 e. The van der Waals surface area contributed by atoms with E-state index in [2.05, 4.69) is 32.6 Å². The molecule has 0 aliphatic heterocycles. The van der Waals surface area contributed by atoms with E-state index in [9.17, 15) is 8.78 Å². The maximum Gasteiger partial charge on any atom is 0.387 e. The first kappa shape index (κ1) is 15.9. The van der Waals surface area contributed by atoms with Gasteiger partial charge < -0.3 is 14.8 Å². The van der Waals surface area contributed by atoms with Crippen LogP contribution >= 0.6 is 15.9 Å². The highest BCUT2D eigenvalue weighted by atomic mass is 79.9. The monoisotopic (exact) mass is 335 g/mol. The molecule has 1 aromatic carbocycles. The highest BCUT2D eigenvalue weighted by molar-refractivity contribution is 9.10. The molecule has 106 valence electrons. The van der Waals surface area contributed by atoms with E-state index >= 15 is 0 Å². The van der Waals surface area contributed by atoms with Gasteiger partial charge in [0.15, 0.2) is 0 Å². The number of alkyl halides is 2. The maximum absolute atomic E-state index is 12.2. The zero-order chi connectivity index (χ0) is 14.1. The van der Waals surface area contributed by atoms with Gasteiger partial charge in [0.05, 0.1) is 12.9 Å². The molecule has 0 radical (unpaired) electrons. The van der Waals surface area contributed by atoms with Crippen LogP contribution < -0.4 is 10.1 Å². The third-order valence-corrected chi connectivity index (χ3v) is 2.78. The molecule has 0 amide bonds. The Balaban J connectivity index is 2.46. The zero-order valence-electron chi connectivity index (χ0n) is 10.4. The van der Waals surface area contributed by atoms with Gasteiger partial charge in [0, 0.05) is 16.6 Å². The molecule has 0 spiro atoms. The molecule has 0 aromatic heterocycles. The average Bonchev–Trinajstić information content (AvgIpc) is 2.36. The first-order valence-electron chi connectivity index (χ1n) is 5.80. The molecule has 19 heavy (non-hydrogen) atoms. The quantitative estimate of drug-likeness (QED) is 0.551. The highest BCUT2D eigenvalue weighted by Crippen LogP contribution is 2.24. The van der Waals surface area contributed by atoms with Crippen LogP contribution in [-0.2, 0) is 11.3 Å². The number of ether oxygens (including phenoxy) is 2. The van der Waals surface area contributed by atoms with Crippen molar-refractivity contribution >= 4 is 15.9 Å². The van der Waals surface area contributed by atoms with Crippen LogP contribution in [0.4, 0.5) is 8.78 Å². The van der Waals surface area contributed by atoms with E-state index in [-0.39, 0.29) is 5.75 Å². The Morgan fingerprint density at radius 1 is 1.42 bits per heavy atom. The van der Waals surface area contributed by atoms with Gasteiger partial charge in [-0.25, -0.2) is 0 Å². The van der Waals surface area contributed by atoms with Gasteiger partial charge >= 0.3 is 6.61 Å². The van der Waals surface area contributed by atoms with Crippen LogP contribution in [0.25, 0.3) is 0 Å². The van der Waals surface area contributed by atoms with Crippen molar-refractivity contribution in [2.24, 2.45) is 0 Å². The predicted molar refractivity (Wildman–Crippen MR) is 73.2 cm³/mol. The van der Waals surface area contributed by atoms with Crippen LogP contribution in [0.15, 0.2) is 35.5 Å². The van der Waals surface area contributed by atoms with Crippen molar-refractivity contribution in [1.29, 1.82) is 0 Å². The normalized spacial score (nSPS) is 10.5. The van der Waals surface area contributed by atoms with Crippen LogP contribution in [-0.4, -0.2) is 19.8 Å². The summed E-state index contributed by atoms with van der Waals surface area (Å²) >= 11 is 3.30. The topological polar surface area (TPSA) is 30.5 Å². The van der Waals surface area contributed by atoms with E-state index < -0.39 is 6.61 Å². The Morgan fingerprint density at radius 2 is 2.21 bits per heavy atom. The van der Waals surface area contributed by atoms with Crippen LogP contribution in [0.5, 0.6) is 5.75 Å². The summed E-state index contributed by atoms with van der Waals surface area (Å²) in [4.78, 5) is 0. The number of halogens is 3. The summed E-state index contributed by atoms with van der Waals surface area (Å²) in [5.41, 5.74) is 0.680. The van der Waals surface area contributed by atoms with Crippen LogP contribution in [0.1, 0.15) is 12.0 Å². The minimum atomic E-state index is -2.82. The summed E-state index contributed by atoms with van der Waals surface area (Å²) in [5.74, 6) is 0.188. The fourth-order valence-corrected chi connectivity index (χ4v) is 1.89. The summed E-state index contributed by atoms with van der Waals surface area (Å²) in [5, 5.41) is 3.14. The zero-order valence-corrected chi connectivity index (χ0v) is 12.0. The van der Waals surface area contributed by atoms with Crippen molar-refractivity contribution in [1.82, 2.24) is 5.32 Å². The van der Waals surface area contributed by atoms with Crippen molar-refractivity contribution < 1.29 is 18.3 Å². The van der Waals surface area contributed by atoms with Gasteiger partial charge in [0.1, 0.15) is 5.75 Å². The minimum Gasteiger partial charge on any atom is -0.502 e. The molecular formula is C13H16BrF2NO2. The molecule has 0 saturated heterocycles. The second kappa shape index (κ2) is 8.87. The van der Waals surface area contributed by atoms with E-state index in [0.717, 1.165) is 10.9 Å². The Kier molecular flexibility index (Phi) is 7.43. The van der Waals surface area contributed by atoms with Gasteiger partial charge in [0.25, 0.3) is 0 Å². The Labute approximate surface area is 119 Å². The number of nitrogens with one attached hydrogen (secondary N) is 1. The molecule has 0 fully saturated rings. The maximum atomic E-state index is 12.2. The number of hydrogen-bond acceptors (Lipinski definition) is 3. The highest BCUT2D eigenvalue weighted by Gasteiger charge is 2.09. The SMILES string of the molecule is C=COCCCNCc1cc(Br)ccc1OC(F)F. The van der Waals surface area contributed by atoms with E-state index in [1.807, 2.05) is 0 Å². The molecule has 0 atom stereocenters. The Bertz CT molecular complexity index is 402. The molecule has 3 nitrogen and oxygen atoms in total. The molecule has 0 bridgehead atoms. The van der Waals surface area contributed by atoms with Gasteiger partial charge in [-0.05, 0) is 31.2 Å². The molecule has 0 aliphatic rings. The van der Waals surface area contributed by atoms with Gasteiger partial charge in [-0.1, -0.05) is 22.5 Å². The molecule has 1 aromatic rings. The summed E-state index contributed by atoms with van der Waals surface area (Å²) in [6.07, 6.45) is 2.20. The van der Waals surface area contributed by atoms with Gasteiger partial charge in [-0.15, -0.1) is 0 Å². The fraction of sp³-hybridized carbons (Fsp3) is 0.385. The second-order valence-corrected chi connectivity index (χ2v) is 4.61. The van der Waals surface area contributed by atoms with Crippen molar-refractivity contribution in [3.63, 3.8) is 0 Å². The number of rotatable bonds is 9. The molecular weight excluding hydrogens is 320 g/mol. The van der Waals surface area contributed by atoms with Crippen molar-refractivity contribution in [2.45, 2.75) is 19.6 Å². The first-order valence-corrected chi connectivity index (χ1v) is 6.59. The van der Waals surface area contributed by atoms with E-state index in [1.54, 1.807) is 12.1 Å². The van der Waals surface area contributed by atoms with Crippen molar-refractivity contribution in [3.8, 4) is 5.75 Å². The van der Waals surface area contributed by atoms with Crippen molar-refractivity contribution in [2.75, 3.05) is 13.2 Å². The third kappa shape index (κ3) is 6.54. The van der Waals surface area contributed by atoms with E-state index in [0.29, 0.717) is 25.3 Å². The summed E-state index contributed by atoms with van der Waals surface area (Å²) in [6, 6.07) is 4.94. The molecule has 0 heterocycles. The van der Waals surface area contributed by atoms with Gasteiger partial charge in [-0.2, -0.15) is 8.78 Å². The first-order chi connectivity index (χ1) is 9.13. The molecule has 1 rings (SSSR count). The second-order valence-electron chi connectivity index (χ2n) is 3.70. The lowest BCUT2D eigenvalue weighted by Gasteiger charge is -2.12. The van der Waals surface area contributed by atoms with Crippen LogP contribution in [0.3, 0.4) is 0 Å². The third-order valence-electron chi connectivity index (χ3n) is 2.29. The standard InChI is InChI=1S/C13H16BrF2NO2/c1-2-18-7-3-6-17-9-10-8-11(14)4-5-12(10)19-13(15)16/h2,4-5,8,13,17H,1,3,6-7,9H2. The average molecular weight is 336 g/mol. The predicted octanol–water partition coefficient (Wildman–Crippen LogP) is 3.69.